The first kappa shape index (κ1) is 18.8. The van der Waals surface area contributed by atoms with Crippen LogP contribution in [0.3, 0.4) is 0 Å². The molecule has 1 atom stereocenters. The van der Waals surface area contributed by atoms with Crippen molar-refractivity contribution in [3.8, 4) is 0 Å². The van der Waals surface area contributed by atoms with Gasteiger partial charge in [0.2, 0.25) is 11.8 Å². The van der Waals surface area contributed by atoms with Gasteiger partial charge in [0.1, 0.15) is 6.04 Å². The third-order valence-electron chi connectivity index (χ3n) is 3.24. The highest BCUT2D eigenvalue weighted by molar-refractivity contribution is 6.42. The molecule has 1 aromatic rings. The number of carbonyl (C=O) groups excluding carboxylic acids is 2. The average Bonchev–Trinajstić information content (AvgIpc) is 2.46. The summed E-state index contributed by atoms with van der Waals surface area (Å²) >= 11 is 11.9. The van der Waals surface area contributed by atoms with E-state index in [9.17, 15) is 9.59 Å². The Morgan fingerprint density at radius 1 is 1.18 bits per heavy atom. The van der Waals surface area contributed by atoms with Crippen LogP contribution >= 0.6 is 23.2 Å². The molecule has 0 heterocycles. The highest BCUT2D eigenvalue weighted by atomic mass is 35.5. The van der Waals surface area contributed by atoms with E-state index in [1.807, 2.05) is 13.8 Å². The molecule has 0 saturated heterocycles. The third kappa shape index (κ3) is 5.18. The highest BCUT2D eigenvalue weighted by Gasteiger charge is 2.25. The van der Waals surface area contributed by atoms with Crippen molar-refractivity contribution in [2.24, 2.45) is 0 Å². The molecule has 0 bridgehead atoms. The van der Waals surface area contributed by atoms with Crippen LogP contribution in [0.25, 0.3) is 0 Å². The van der Waals surface area contributed by atoms with Crippen molar-refractivity contribution in [3.63, 3.8) is 0 Å². The zero-order valence-corrected chi connectivity index (χ0v) is 14.8. The Morgan fingerprint density at radius 2 is 1.82 bits per heavy atom. The van der Waals surface area contributed by atoms with E-state index in [4.69, 9.17) is 23.2 Å². The second kappa shape index (κ2) is 8.39. The molecule has 6 heteroatoms. The fraction of sp³-hybridized carbons (Fsp3) is 0.500. The lowest BCUT2D eigenvalue weighted by atomic mass is 10.1. The van der Waals surface area contributed by atoms with Gasteiger partial charge in [0, 0.05) is 19.0 Å². The Kier molecular flexibility index (Phi) is 7.17. The van der Waals surface area contributed by atoms with Gasteiger partial charge >= 0.3 is 0 Å². The molecule has 1 N–H and O–H groups in total. The van der Waals surface area contributed by atoms with Crippen LogP contribution in [0.2, 0.25) is 10.0 Å². The summed E-state index contributed by atoms with van der Waals surface area (Å²) in [6.45, 7) is 7.58. The zero-order valence-electron chi connectivity index (χ0n) is 13.3. The van der Waals surface area contributed by atoms with E-state index in [0.717, 1.165) is 5.56 Å². The number of nitrogens with one attached hydrogen (secondary N) is 1. The number of hydrogen-bond acceptors (Lipinski definition) is 2. The predicted octanol–water partition coefficient (Wildman–Crippen LogP) is 3.65. The van der Waals surface area contributed by atoms with Crippen LogP contribution in [-0.2, 0) is 16.1 Å². The minimum absolute atomic E-state index is 0.0264. The molecule has 0 spiro atoms. The normalized spacial score (nSPS) is 12.1. The van der Waals surface area contributed by atoms with Gasteiger partial charge in [0.15, 0.2) is 0 Å². The van der Waals surface area contributed by atoms with Crippen LogP contribution in [0.15, 0.2) is 18.2 Å². The van der Waals surface area contributed by atoms with Gasteiger partial charge in [0.25, 0.3) is 0 Å². The fourth-order valence-electron chi connectivity index (χ4n) is 2.03. The van der Waals surface area contributed by atoms with E-state index < -0.39 is 6.04 Å². The summed E-state index contributed by atoms with van der Waals surface area (Å²) in [4.78, 5) is 25.9. The predicted molar refractivity (Wildman–Crippen MR) is 90.0 cm³/mol. The zero-order chi connectivity index (χ0) is 16.9. The highest BCUT2D eigenvalue weighted by Crippen LogP contribution is 2.23. The van der Waals surface area contributed by atoms with Crippen molar-refractivity contribution < 1.29 is 9.59 Å². The van der Waals surface area contributed by atoms with Gasteiger partial charge in [-0.3, -0.25) is 9.59 Å². The first-order chi connectivity index (χ1) is 10.3. The number of nitrogens with zero attached hydrogens (tertiary/aromatic N) is 1. The molecule has 0 saturated carbocycles. The van der Waals surface area contributed by atoms with Crippen molar-refractivity contribution in [2.45, 2.75) is 52.7 Å². The van der Waals surface area contributed by atoms with E-state index in [2.05, 4.69) is 5.32 Å². The summed E-state index contributed by atoms with van der Waals surface area (Å²) in [6, 6.07) is 4.68. The van der Waals surface area contributed by atoms with Crippen molar-refractivity contribution >= 4 is 35.0 Å². The van der Waals surface area contributed by atoms with Gasteiger partial charge in [-0.25, -0.2) is 0 Å². The molecule has 4 nitrogen and oxygen atoms in total. The molecule has 0 aliphatic rings. The Hall–Kier alpha value is -1.26. The van der Waals surface area contributed by atoms with E-state index in [1.165, 1.54) is 0 Å². The number of benzene rings is 1. The van der Waals surface area contributed by atoms with Crippen LogP contribution < -0.4 is 5.32 Å². The molecule has 1 aromatic carbocycles. The molecule has 0 fully saturated rings. The van der Waals surface area contributed by atoms with Crippen molar-refractivity contribution in [2.75, 3.05) is 0 Å². The molecular formula is C16H22Cl2N2O2. The van der Waals surface area contributed by atoms with Crippen LogP contribution in [0.4, 0.5) is 0 Å². The van der Waals surface area contributed by atoms with E-state index >= 15 is 0 Å². The van der Waals surface area contributed by atoms with E-state index in [1.54, 1.807) is 36.9 Å². The first-order valence-corrected chi connectivity index (χ1v) is 8.05. The monoisotopic (exact) mass is 344 g/mol. The van der Waals surface area contributed by atoms with Gasteiger partial charge in [0.05, 0.1) is 10.0 Å². The quantitative estimate of drug-likeness (QED) is 0.856. The molecule has 1 rings (SSSR count). The Bertz CT molecular complexity index is 547. The molecular weight excluding hydrogens is 323 g/mol. The molecule has 0 radical (unpaired) electrons. The summed E-state index contributed by atoms with van der Waals surface area (Å²) in [5.41, 5.74) is 0.834. The molecule has 0 aromatic heterocycles. The van der Waals surface area contributed by atoms with Crippen LogP contribution in [0.5, 0.6) is 0 Å². The number of rotatable bonds is 6. The lowest BCUT2D eigenvalue weighted by molar-refractivity contribution is -0.140. The second-order valence-corrected chi connectivity index (χ2v) is 6.28. The fourth-order valence-corrected chi connectivity index (χ4v) is 2.35. The largest absolute Gasteiger partial charge is 0.352 e. The number of hydrogen-bond donors (Lipinski definition) is 1. The van der Waals surface area contributed by atoms with E-state index in [-0.39, 0.29) is 17.9 Å². The summed E-state index contributed by atoms with van der Waals surface area (Å²) in [5.74, 6) is -0.255. The van der Waals surface area contributed by atoms with Gasteiger partial charge in [-0.2, -0.15) is 0 Å². The van der Waals surface area contributed by atoms with E-state index in [0.29, 0.717) is 23.0 Å². The maximum absolute atomic E-state index is 12.2. The summed E-state index contributed by atoms with van der Waals surface area (Å²) < 4.78 is 0. The SMILES string of the molecule is CCC(=O)N(Cc1ccc(Cl)c(Cl)c1)[C@H](C)C(=O)NC(C)C. The smallest absolute Gasteiger partial charge is 0.242 e. The lowest BCUT2D eigenvalue weighted by Crippen LogP contribution is -2.48. The number of carbonyl (C=O) groups is 2. The van der Waals surface area contributed by atoms with Crippen molar-refractivity contribution in [1.82, 2.24) is 10.2 Å². The van der Waals surface area contributed by atoms with Gasteiger partial charge < -0.3 is 10.2 Å². The van der Waals surface area contributed by atoms with Crippen LogP contribution in [0, 0.1) is 0 Å². The van der Waals surface area contributed by atoms with Crippen LogP contribution in [-0.4, -0.2) is 28.8 Å². The van der Waals surface area contributed by atoms with Crippen molar-refractivity contribution in [1.29, 1.82) is 0 Å². The van der Waals surface area contributed by atoms with Crippen LogP contribution in [0.1, 0.15) is 39.7 Å². The molecule has 0 aliphatic heterocycles. The number of amides is 2. The first-order valence-electron chi connectivity index (χ1n) is 7.30. The molecule has 0 unspecified atom stereocenters. The Labute approximate surface area is 141 Å². The number of halogens is 2. The molecule has 0 aliphatic carbocycles. The molecule has 22 heavy (non-hydrogen) atoms. The molecule has 2 amide bonds. The minimum atomic E-state index is -0.552. The standard InChI is InChI=1S/C16H22Cl2N2O2/c1-5-15(21)20(11(4)16(22)19-10(2)3)9-12-6-7-13(17)14(18)8-12/h6-8,10-11H,5,9H2,1-4H3,(H,19,22)/t11-/m1/s1. The summed E-state index contributed by atoms with van der Waals surface area (Å²) in [6.07, 6.45) is 0.334. The maximum atomic E-state index is 12.2. The summed E-state index contributed by atoms with van der Waals surface area (Å²) in [5, 5.41) is 3.72. The maximum Gasteiger partial charge on any atom is 0.242 e. The topological polar surface area (TPSA) is 49.4 Å². The molecule has 122 valence electrons. The van der Waals surface area contributed by atoms with Crippen molar-refractivity contribution in [3.05, 3.63) is 33.8 Å². The second-order valence-electron chi connectivity index (χ2n) is 5.46. The Morgan fingerprint density at radius 3 is 2.32 bits per heavy atom. The third-order valence-corrected chi connectivity index (χ3v) is 3.98. The van der Waals surface area contributed by atoms with Gasteiger partial charge in [-0.15, -0.1) is 0 Å². The summed E-state index contributed by atoms with van der Waals surface area (Å²) in [7, 11) is 0. The average molecular weight is 345 g/mol. The van der Waals surface area contributed by atoms with Gasteiger partial charge in [-0.1, -0.05) is 36.2 Å². The lowest BCUT2D eigenvalue weighted by Gasteiger charge is -2.29. The Balaban J connectivity index is 2.95. The minimum Gasteiger partial charge on any atom is -0.352 e. The van der Waals surface area contributed by atoms with Gasteiger partial charge in [-0.05, 0) is 38.5 Å².